The number of piperazine rings is 1. The molecule has 1 aliphatic heterocycles. The summed E-state index contributed by atoms with van der Waals surface area (Å²) in [5, 5.41) is 9.55. The zero-order chi connectivity index (χ0) is 21.8. The average Bonchev–Trinajstić information content (AvgIpc) is 2.77. The van der Waals surface area contributed by atoms with Gasteiger partial charge in [0.05, 0.1) is 12.1 Å². The highest BCUT2D eigenvalue weighted by molar-refractivity contribution is 5.78. The maximum atomic E-state index is 14.4. The number of aromatic nitrogens is 2. The molecule has 0 bridgehead atoms. The third-order valence-electron chi connectivity index (χ3n) is 5.77. The number of hydrogen-bond donors (Lipinski definition) is 4. The number of carbonyl (C=O) groups excluding carboxylic acids is 1. The molecule has 2 unspecified atom stereocenters. The molecular weight excluding hydrogens is 397 g/mol. The van der Waals surface area contributed by atoms with Crippen molar-refractivity contribution in [1.29, 1.82) is 0 Å². The first-order valence-corrected chi connectivity index (χ1v) is 10.6. The van der Waals surface area contributed by atoms with Gasteiger partial charge in [-0.25, -0.2) is 9.37 Å². The summed E-state index contributed by atoms with van der Waals surface area (Å²) in [6.45, 7) is 5.98. The molecule has 2 aliphatic rings. The van der Waals surface area contributed by atoms with Crippen molar-refractivity contribution in [2.75, 3.05) is 41.7 Å². The minimum absolute atomic E-state index is 0.0539. The average molecular weight is 426 g/mol. The minimum atomic E-state index is -0.575. The Hall–Kier alpha value is -3.20. The standard InChI is InChI=1S/C22H28FN7O/c1-14-12-15(6-7-19(14)30-10-8-25-9-11-30)27-22-26-13-17(23)21(29-22)28-18-5-3-2-4-16(18)20(24)31/h2-3,6-7,12-13,16,18,25H,4-5,8-11H2,1H3,(H2,24,31)(H2,26,27,28,29). The van der Waals surface area contributed by atoms with Crippen molar-refractivity contribution in [2.24, 2.45) is 11.7 Å². The molecule has 1 aromatic heterocycles. The molecule has 1 amide bonds. The van der Waals surface area contributed by atoms with Gasteiger partial charge in [0.2, 0.25) is 11.9 Å². The molecule has 0 saturated carbocycles. The molecule has 0 spiro atoms. The maximum absolute atomic E-state index is 14.4. The van der Waals surface area contributed by atoms with Crippen LogP contribution in [0.3, 0.4) is 0 Å². The lowest BCUT2D eigenvalue weighted by Gasteiger charge is -2.31. The molecule has 164 valence electrons. The largest absolute Gasteiger partial charge is 0.369 e. The van der Waals surface area contributed by atoms with Crippen molar-refractivity contribution in [2.45, 2.75) is 25.8 Å². The molecule has 5 N–H and O–H groups in total. The molecule has 2 aromatic rings. The highest BCUT2D eigenvalue weighted by Gasteiger charge is 2.28. The number of nitrogens with two attached hydrogens (primary N) is 1. The van der Waals surface area contributed by atoms with Gasteiger partial charge in [-0.15, -0.1) is 0 Å². The van der Waals surface area contributed by atoms with Crippen molar-refractivity contribution in [3.63, 3.8) is 0 Å². The normalized spacial score (nSPS) is 21.0. The summed E-state index contributed by atoms with van der Waals surface area (Å²) < 4.78 is 14.4. The van der Waals surface area contributed by atoms with Crippen LogP contribution in [-0.4, -0.2) is 48.1 Å². The number of nitrogens with one attached hydrogen (secondary N) is 3. The van der Waals surface area contributed by atoms with E-state index < -0.39 is 17.6 Å². The lowest BCUT2D eigenvalue weighted by Crippen LogP contribution is -2.43. The number of halogens is 1. The molecule has 9 heteroatoms. The van der Waals surface area contributed by atoms with Crippen LogP contribution in [0, 0.1) is 18.7 Å². The molecule has 2 atom stereocenters. The fourth-order valence-electron chi connectivity index (χ4n) is 4.12. The Labute approximate surface area is 181 Å². The van der Waals surface area contributed by atoms with Crippen LogP contribution in [0.15, 0.2) is 36.5 Å². The van der Waals surface area contributed by atoms with Gasteiger partial charge in [0.25, 0.3) is 0 Å². The van der Waals surface area contributed by atoms with E-state index in [9.17, 15) is 9.18 Å². The third kappa shape index (κ3) is 4.93. The Kier molecular flexibility index (Phi) is 6.31. The molecule has 1 aliphatic carbocycles. The first-order valence-electron chi connectivity index (χ1n) is 10.6. The predicted octanol–water partition coefficient (Wildman–Crippen LogP) is 2.31. The zero-order valence-electron chi connectivity index (χ0n) is 17.6. The van der Waals surface area contributed by atoms with E-state index in [0.717, 1.165) is 43.6 Å². The molecular formula is C22H28FN7O. The van der Waals surface area contributed by atoms with Crippen molar-refractivity contribution in [1.82, 2.24) is 15.3 Å². The third-order valence-corrected chi connectivity index (χ3v) is 5.77. The fourth-order valence-corrected chi connectivity index (χ4v) is 4.12. The summed E-state index contributed by atoms with van der Waals surface area (Å²) in [6.07, 6.45) is 6.11. The van der Waals surface area contributed by atoms with E-state index in [4.69, 9.17) is 5.73 Å². The van der Waals surface area contributed by atoms with E-state index in [1.807, 2.05) is 24.3 Å². The molecule has 1 fully saturated rings. The van der Waals surface area contributed by atoms with E-state index in [0.29, 0.717) is 12.8 Å². The molecule has 2 heterocycles. The van der Waals surface area contributed by atoms with Crippen molar-refractivity contribution in [3.05, 3.63) is 47.9 Å². The zero-order valence-corrected chi connectivity index (χ0v) is 17.6. The van der Waals surface area contributed by atoms with E-state index in [-0.39, 0.29) is 17.8 Å². The van der Waals surface area contributed by atoms with Crippen LogP contribution >= 0.6 is 0 Å². The number of anilines is 4. The summed E-state index contributed by atoms with van der Waals surface area (Å²) >= 11 is 0. The van der Waals surface area contributed by atoms with Gasteiger partial charge < -0.3 is 26.6 Å². The highest BCUT2D eigenvalue weighted by atomic mass is 19.1. The lowest BCUT2D eigenvalue weighted by atomic mass is 9.88. The van der Waals surface area contributed by atoms with Crippen LogP contribution in [0.25, 0.3) is 0 Å². The molecule has 4 rings (SSSR count). The van der Waals surface area contributed by atoms with Gasteiger partial charge in [0.15, 0.2) is 11.6 Å². The van der Waals surface area contributed by atoms with Crippen LogP contribution in [0.1, 0.15) is 18.4 Å². The minimum Gasteiger partial charge on any atom is -0.369 e. The number of benzene rings is 1. The van der Waals surface area contributed by atoms with Crippen LogP contribution in [0.2, 0.25) is 0 Å². The molecule has 1 saturated heterocycles. The molecule has 1 aromatic carbocycles. The predicted molar refractivity (Wildman–Crippen MR) is 120 cm³/mol. The van der Waals surface area contributed by atoms with E-state index in [1.165, 1.54) is 5.69 Å². The van der Waals surface area contributed by atoms with Gasteiger partial charge in [-0.3, -0.25) is 4.79 Å². The number of amides is 1. The van der Waals surface area contributed by atoms with Crippen molar-refractivity contribution >= 4 is 29.0 Å². The number of allylic oxidation sites excluding steroid dienone is 1. The SMILES string of the molecule is Cc1cc(Nc2ncc(F)c(NC3CC=CCC3C(N)=O)n2)ccc1N1CCNCC1. The first-order chi connectivity index (χ1) is 15.0. The topological polar surface area (TPSA) is 108 Å². The second-order valence-electron chi connectivity index (χ2n) is 7.96. The quantitative estimate of drug-likeness (QED) is 0.526. The summed E-state index contributed by atoms with van der Waals surface area (Å²) in [5.74, 6) is -1.06. The number of hydrogen-bond acceptors (Lipinski definition) is 7. The summed E-state index contributed by atoms with van der Waals surface area (Å²) in [7, 11) is 0. The Bertz CT molecular complexity index is 974. The molecule has 31 heavy (non-hydrogen) atoms. The van der Waals surface area contributed by atoms with Crippen LogP contribution in [0.4, 0.5) is 27.5 Å². The van der Waals surface area contributed by atoms with Gasteiger partial charge in [0.1, 0.15) is 0 Å². The van der Waals surface area contributed by atoms with Crippen LogP contribution in [-0.2, 0) is 4.79 Å². The number of aryl methyl sites for hydroxylation is 1. The Balaban J connectivity index is 1.49. The van der Waals surface area contributed by atoms with Crippen LogP contribution < -0.4 is 26.6 Å². The van der Waals surface area contributed by atoms with Gasteiger partial charge in [-0.05, 0) is 43.5 Å². The van der Waals surface area contributed by atoms with E-state index >= 15 is 0 Å². The van der Waals surface area contributed by atoms with Crippen LogP contribution in [0.5, 0.6) is 0 Å². The Morgan fingerprint density at radius 3 is 2.77 bits per heavy atom. The van der Waals surface area contributed by atoms with Crippen molar-refractivity contribution < 1.29 is 9.18 Å². The number of primary amides is 1. The fraction of sp³-hybridized carbons (Fsp3) is 0.409. The summed E-state index contributed by atoms with van der Waals surface area (Å²) in [6, 6.07) is 5.78. The molecule has 0 radical (unpaired) electrons. The maximum Gasteiger partial charge on any atom is 0.229 e. The smallest absolute Gasteiger partial charge is 0.229 e. The second kappa shape index (κ2) is 9.30. The second-order valence-corrected chi connectivity index (χ2v) is 7.96. The number of carbonyl (C=O) groups is 1. The summed E-state index contributed by atoms with van der Waals surface area (Å²) in [4.78, 5) is 22.4. The van der Waals surface area contributed by atoms with Gasteiger partial charge in [-0.1, -0.05) is 12.2 Å². The van der Waals surface area contributed by atoms with Gasteiger partial charge >= 0.3 is 0 Å². The van der Waals surface area contributed by atoms with E-state index in [2.05, 4.69) is 43.8 Å². The monoisotopic (exact) mass is 425 g/mol. The lowest BCUT2D eigenvalue weighted by molar-refractivity contribution is -0.122. The van der Waals surface area contributed by atoms with E-state index in [1.54, 1.807) is 0 Å². The Morgan fingerprint density at radius 2 is 2.03 bits per heavy atom. The Morgan fingerprint density at radius 1 is 1.26 bits per heavy atom. The number of rotatable bonds is 6. The first kappa shape index (κ1) is 21.0. The summed E-state index contributed by atoms with van der Waals surface area (Å²) in [5.41, 5.74) is 8.68. The van der Waals surface area contributed by atoms with Gasteiger partial charge in [-0.2, -0.15) is 4.98 Å². The van der Waals surface area contributed by atoms with Gasteiger partial charge in [0, 0.05) is 43.6 Å². The number of nitrogens with zero attached hydrogens (tertiary/aromatic N) is 3. The molecule has 8 nitrogen and oxygen atoms in total. The van der Waals surface area contributed by atoms with Crippen molar-refractivity contribution in [3.8, 4) is 0 Å². The highest BCUT2D eigenvalue weighted by Crippen LogP contribution is 2.27.